The van der Waals surface area contributed by atoms with Crippen LogP contribution in [0.25, 0.3) is 0 Å². The van der Waals surface area contributed by atoms with Crippen LogP contribution in [0.3, 0.4) is 0 Å². The van der Waals surface area contributed by atoms with Crippen LogP contribution in [0.4, 0.5) is 11.8 Å². The molecular formula is C29H34N6O2. The zero-order valence-electron chi connectivity index (χ0n) is 21.8. The Kier molecular flexibility index (Phi) is 7.08. The molecule has 3 aromatic rings. The van der Waals surface area contributed by atoms with Crippen molar-refractivity contribution in [2.45, 2.75) is 46.4 Å². The third-order valence-electron chi connectivity index (χ3n) is 7.13. The fourth-order valence-electron chi connectivity index (χ4n) is 5.02. The van der Waals surface area contributed by atoms with Gasteiger partial charge in [-0.05, 0) is 25.0 Å². The van der Waals surface area contributed by atoms with Gasteiger partial charge in [0.25, 0.3) is 5.91 Å². The Morgan fingerprint density at radius 1 is 0.892 bits per heavy atom. The van der Waals surface area contributed by atoms with Crippen molar-refractivity contribution in [3.05, 3.63) is 83.0 Å². The maximum atomic E-state index is 13.5. The van der Waals surface area contributed by atoms with Gasteiger partial charge in [0.1, 0.15) is 11.5 Å². The van der Waals surface area contributed by atoms with Crippen molar-refractivity contribution in [2.24, 2.45) is 0 Å². The monoisotopic (exact) mass is 498 g/mol. The predicted octanol–water partition coefficient (Wildman–Crippen LogP) is 3.72. The summed E-state index contributed by atoms with van der Waals surface area (Å²) in [5.41, 5.74) is 3.73. The second kappa shape index (κ2) is 10.6. The molecule has 1 fully saturated rings. The van der Waals surface area contributed by atoms with Gasteiger partial charge in [0.15, 0.2) is 0 Å². The van der Waals surface area contributed by atoms with Gasteiger partial charge in [-0.3, -0.25) is 9.59 Å². The quantitative estimate of drug-likeness (QED) is 0.495. The van der Waals surface area contributed by atoms with E-state index in [1.807, 2.05) is 60.0 Å². The molecule has 0 unspecified atom stereocenters. The van der Waals surface area contributed by atoms with Crippen molar-refractivity contribution in [3.8, 4) is 0 Å². The van der Waals surface area contributed by atoms with Crippen LogP contribution in [0, 0.1) is 0 Å². The number of carbonyl (C=O) groups is 2. The number of aromatic nitrogens is 2. The van der Waals surface area contributed by atoms with E-state index in [4.69, 9.17) is 9.97 Å². The number of amides is 2. The van der Waals surface area contributed by atoms with Gasteiger partial charge in [-0.2, -0.15) is 4.98 Å². The topological polar surface area (TPSA) is 72.9 Å². The Morgan fingerprint density at radius 2 is 1.46 bits per heavy atom. The van der Waals surface area contributed by atoms with Crippen molar-refractivity contribution in [3.63, 3.8) is 0 Å². The number of benzene rings is 2. The minimum absolute atomic E-state index is 0.0448. The lowest BCUT2D eigenvalue weighted by molar-refractivity contribution is -0.129. The van der Waals surface area contributed by atoms with Gasteiger partial charge in [0.2, 0.25) is 11.9 Å². The van der Waals surface area contributed by atoms with Gasteiger partial charge in [0.05, 0.1) is 6.54 Å². The molecule has 2 aliphatic heterocycles. The summed E-state index contributed by atoms with van der Waals surface area (Å²) < 4.78 is 0. The average molecular weight is 499 g/mol. The number of nitrogens with zero attached hydrogens (tertiary/aromatic N) is 6. The van der Waals surface area contributed by atoms with E-state index in [0.717, 1.165) is 11.4 Å². The van der Waals surface area contributed by atoms with Crippen LogP contribution in [0.1, 0.15) is 48.0 Å². The molecule has 2 aromatic carbocycles. The van der Waals surface area contributed by atoms with Gasteiger partial charge >= 0.3 is 0 Å². The number of piperazine rings is 1. The van der Waals surface area contributed by atoms with Crippen molar-refractivity contribution in [1.29, 1.82) is 0 Å². The molecule has 37 heavy (non-hydrogen) atoms. The minimum atomic E-state index is -0.0448. The summed E-state index contributed by atoms with van der Waals surface area (Å²) in [6, 6.07) is 20.8. The first kappa shape index (κ1) is 24.7. The smallest absolute Gasteiger partial charge is 0.273 e. The number of rotatable bonds is 7. The Hall–Kier alpha value is -3.94. The zero-order chi connectivity index (χ0) is 25.9. The fourth-order valence-corrected chi connectivity index (χ4v) is 5.02. The van der Waals surface area contributed by atoms with E-state index in [2.05, 4.69) is 34.1 Å². The molecule has 0 radical (unpaired) electrons. The molecule has 0 spiro atoms. The first-order chi connectivity index (χ1) is 17.9. The second-order valence-corrected chi connectivity index (χ2v) is 10.0. The second-order valence-electron chi connectivity index (χ2n) is 10.0. The molecule has 8 heteroatoms. The fraction of sp³-hybridized carbons (Fsp3) is 0.379. The summed E-state index contributed by atoms with van der Waals surface area (Å²) in [6.45, 7) is 10.00. The summed E-state index contributed by atoms with van der Waals surface area (Å²) in [5, 5.41) is 0. The molecule has 0 saturated carbocycles. The van der Waals surface area contributed by atoms with E-state index in [-0.39, 0.29) is 17.9 Å². The highest BCUT2D eigenvalue weighted by molar-refractivity contribution is 5.98. The lowest BCUT2D eigenvalue weighted by Crippen LogP contribution is -2.48. The van der Waals surface area contributed by atoms with Crippen LogP contribution < -0.4 is 9.80 Å². The summed E-state index contributed by atoms with van der Waals surface area (Å²) in [6.07, 6.45) is 0. The van der Waals surface area contributed by atoms with Crippen molar-refractivity contribution >= 4 is 23.6 Å². The summed E-state index contributed by atoms with van der Waals surface area (Å²) in [5.74, 6) is 1.40. The van der Waals surface area contributed by atoms with Gasteiger partial charge in [-0.25, -0.2) is 4.98 Å². The molecule has 0 aliphatic carbocycles. The molecule has 192 valence electrons. The highest BCUT2D eigenvalue weighted by Gasteiger charge is 2.36. The Morgan fingerprint density at radius 3 is 1.97 bits per heavy atom. The minimum Gasteiger partial charge on any atom is -0.347 e. The number of fused-ring (bicyclic) bond motifs is 1. The van der Waals surface area contributed by atoms with E-state index < -0.39 is 0 Å². The summed E-state index contributed by atoms with van der Waals surface area (Å²) in [7, 11) is 0. The van der Waals surface area contributed by atoms with Crippen LogP contribution >= 0.6 is 0 Å². The zero-order valence-corrected chi connectivity index (χ0v) is 21.8. The largest absolute Gasteiger partial charge is 0.347 e. The third-order valence-corrected chi connectivity index (χ3v) is 7.13. The lowest BCUT2D eigenvalue weighted by atomic mass is 10.1. The Balaban J connectivity index is 1.57. The Labute approximate surface area is 218 Å². The normalized spacial score (nSPS) is 15.4. The van der Waals surface area contributed by atoms with Crippen molar-refractivity contribution in [2.75, 3.05) is 36.0 Å². The number of hydrogen-bond acceptors (Lipinski definition) is 6. The maximum Gasteiger partial charge on any atom is 0.273 e. The van der Waals surface area contributed by atoms with E-state index in [1.54, 1.807) is 6.92 Å². The molecular weight excluding hydrogens is 464 g/mol. The first-order valence-corrected chi connectivity index (χ1v) is 13.0. The van der Waals surface area contributed by atoms with Gasteiger partial charge in [-0.15, -0.1) is 0 Å². The maximum absolute atomic E-state index is 13.5. The molecule has 1 aromatic heterocycles. The molecule has 0 bridgehead atoms. The molecule has 3 heterocycles. The molecule has 1 saturated heterocycles. The van der Waals surface area contributed by atoms with E-state index >= 15 is 0 Å². The van der Waals surface area contributed by atoms with Crippen LogP contribution in [0.5, 0.6) is 0 Å². The van der Waals surface area contributed by atoms with E-state index in [1.165, 1.54) is 11.1 Å². The number of carbonyl (C=O) groups excluding carboxylic acids is 2. The van der Waals surface area contributed by atoms with Crippen LogP contribution in [0.15, 0.2) is 60.7 Å². The highest BCUT2D eigenvalue weighted by Crippen LogP contribution is 2.34. The summed E-state index contributed by atoms with van der Waals surface area (Å²) in [4.78, 5) is 43.3. The van der Waals surface area contributed by atoms with Gasteiger partial charge in [-0.1, -0.05) is 60.7 Å². The predicted molar refractivity (Wildman–Crippen MR) is 144 cm³/mol. The SMILES string of the molecule is CC(=O)N1CCN(c2nc3c(c(N(Cc4ccccc4)Cc4ccccc4)n2)CN(C(C)C)C3=O)CC1. The molecule has 0 atom stereocenters. The molecule has 0 N–H and O–H groups in total. The Bertz CT molecular complexity index is 1210. The van der Waals surface area contributed by atoms with Crippen LogP contribution in [0.2, 0.25) is 0 Å². The number of hydrogen-bond donors (Lipinski definition) is 0. The third kappa shape index (κ3) is 5.28. The molecule has 2 amide bonds. The van der Waals surface area contributed by atoms with E-state index in [0.29, 0.717) is 57.5 Å². The van der Waals surface area contributed by atoms with Crippen molar-refractivity contribution in [1.82, 2.24) is 19.8 Å². The lowest BCUT2D eigenvalue weighted by Gasteiger charge is -2.35. The van der Waals surface area contributed by atoms with Gasteiger partial charge < -0.3 is 19.6 Å². The standard InChI is InChI=1S/C29H34N6O2/c1-21(2)35-20-25-26(28(35)37)30-29(33-16-14-32(15-17-33)22(3)36)31-27(25)34(18-23-10-6-4-7-11-23)19-24-12-8-5-9-13-24/h4-13,21H,14-20H2,1-3H3. The molecule has 8 nitrogen and oxygen atoms in total. The van der Waals surface area contributed by atoms with Crippen molar-refractivity contribution < 1.29 is 9.59 Å². The van der Waals surface area contributed by atoms with Crippen LogP contribution in [-0.4, -0.2) is 63.8 Å². The average Bonchev–Trinajstić information content (AvgIpc) is 3.25. The highest BCUT2D eigenvalue weighted by atomic mass is 16.2. The van der Waals surface area contributed by atoms with Crippen LogP contribution in [-0.2, 0) is 24.4 Å². The molecule has 2 aliphatic rings. The summed E-state index contributed by atoms with van der Waals surface area (Å²) >= 11 is 0. The molecule has 5 rings (SSSR count). The number of anilines is 2. The van der Waals surface area contributed by atoms with Gasteiger partial charge in [0, 0.05) is 57.8 Å². The van der Waals surface area contributed by atoms with E-state index in [9.17, 15) is 9.59 Å². The first-order valence-electron chi connectivity index (χ1n) is 13.0.